The molecule has 0 fully saturated rings. The van der Waals surface area contributed by atoms with Gasteiger partial charge < -0.3 is 5.73 Å². The van der Waals surface area contributed by atoms with Crippen LogP contribution in [0.25, 0.3) is 0 Å². The topological polar surface area (TPSA) is 38.9 Å². The van der Waals surface area contributed by atoms with Crippen molar-refractivity contribution in [3.8, 4) is 0 Å². The highest BCUT2D eigenvalue weighted by molar-refractivity contribution is 7.12. The number of rotatable bonds is 4. The first-order valence-electron chi connectivity index (χ1n) is 6.80. The van der Waals surface area contributed by atoms with Crippen LogP contribution in [0, 0.1) is 0 Å². The second-order valence-electron chi connectivity index (χ2n) is 6.01. The second-order valence-corrected chi connectivity index (χ2v) is 7.53. The first kappa shape index (κ1) is 15.5. The van der Waals surface area contributed by atoms with Crippen LogP contribution in [0.3, 0.4) is 0 Å². The van der Waals surface area contributed by atoms with Crippen molar-refractivity contribution in [3.63, 3.8) is 0 Å². The van der Waals surface area contributed by atoms with Crippen molar-refractivity contribution < 1.29 is 0 Å². The van der Waals surface area contributed by atoms with Gasteiger partial charge in [0.2, 0.25) is 0 Å². The minimum atomic E-state index is -0.343. The van der Waals surface area contributed by atoms with E-state index in [0.29, 0.717) is 5.92 Å². The SMILES string of the molecule is CC(C)c1nc(Cc2cccc(Cl)c2)sc1C(C)(C)N. The Bertz CT molecular complexity index is 597. The van der Waals surface area contributed by atoms with E-state index in [4.69, 9.17) is 22.3 Å². The van der Waals surface area contributed by atoms with Gasteiger partial charge in [-0.25, -0.2) is 4.98 Å². The number of nitrogens with zero attached hydrogens (tertiary/aromatic N) is 1. The van der Waals surface area contributed by atoms with Crippen molar-refractivity contribution in [2.24, 2.45) is 5.73 Å². The second kappa shape index (κ2) is 5.84. The maximum absolute atomic E-state index is 6.28. The summed E-state index contributed by atoms with van der Waals surface area (Å²) in [5.74, 6) is 0.386. The molecule has 108 valence electrons. The van der Waals surface area contributed by atoms with Crippen LogP contribution >= 0.6 is 22.9 Å². The summed E-state index contributed by atoms with van der Waals surface area (Å²) in [5, 5.41) is 1.87. The van der Waals surface area contributed by atoms with Gasteiger partial charge in [0.1, 0.15) is 0 Å². The average Bonchev–Trinajstić information content (AvgIpc) is 2.73. The lowest BCUT2D eigenvalue weighted by Crippen LogP contribution is -2.28. The maximum Gasteiger partial charge on any atom is 0.0975 e. The molecule has 2 rings (SSSR count). The van der Waals surface area contributed by atoms with E-state index < -0.39 is 0 Å². The molecule has 0 saturated carbocycles. The zero-order valence-electron chi connectivity index (χ0n) is 12.4. The molecule has 1 heterocycles. The third-order valence-electron chi connectivity index (χ3n) is 3.07. The van der Waals surface area contributed by atoms with Gasteiger partial charge in [0, 0.05) is 21.9 Å². The summed E-state index contributed by atoms with van der Waals surface area (Å²) in [6, 6.07) is 7.93. The molecule has 2 nitrogen and oxygen atoms in total. The molecule has 0 atom stereocenters. The minimum absolute atomic E-state index is 0.343. The smallest absolute Gasteiger partial charge is 0.0975 e. The molecule has 0 aliphatic rings. The van der Waals surface area contributed by atoms with E-state index in [-0.39, 0.29) is 5.54 Å². The van der Waals surface area contributed by atoms with E-state index in [2.05, 4.69) is 19.9 Å². The van der Waals surface area contributed by atoms with Crippen LogP contribution in [-0.4, -0.2) is 4.98 Å². The van der Waals surface area contributed by atoms with Gasteiger partial charge in [0.25, 0.3) is 0 Å². The quantitative estimate of drug-likeness (QED) is 0.888. The van der Waals surface area contributed by atoms with Crippen molar-refractivity contribution in [2.75, 3.05) is 0 Å². The van der Waals surface area contributed by atoms with Crippen LogP contribution in [0.2, 0.25) is 5.02 Å². The molecule has 0 saturated heterocycles. The highest BCUT2D eigenvalue weighted by Gasteiger charge is 2.24. The van der Waals surface area contributed by atoms with E-state index in [1.54, 1.807) is 11.3 Å². The van der Waals surface area contributed by atoms with Crippen molar-refractivity contribution >= 4 is 22.9 Å². The van der Waals surface area contributed by atoms with Crippen molar-refractivity contribution in [2.45, 2.75) is 45.6 Å². The van der Waals surface area contributed by atoms with E-state index in [0.717, 1.165) is 22.1 Å². The summed E-state index contributed by atoms with van der Waals surface area (Å²) < 4.78 is 0. The monoisotopic (exact) mass is 308 g/mol. The zero-order chi connectivity index (χ0) is 14.9. The third-order valence-corrected chi connectivity index (χ3v) is 4.72. The van der Waals surface area contributed by atoms with E-state index in [1.807, 2.05) is 32.0 Å². The molecule has 1 aromatic carbocycles. The van der Waals surface area contributed by atoms with Gasteiger partial charge in [0.05, 0.1) is 10.7 Å². The lowest BCUT2D eigenvalue weighted by Gasteiger charge is -2.19. The maximum atomic E-state index is 6.28. The van der Waals surface area contributed by atoms with Crippen LogP contribution in [0.15, 0.2) is 24.3 Å². The fourth-order valence-electron chi connectivity index (χ4n) is 2.13. The van der Waals surface area contributed by atoms with Gasteiger partial charge in [-0.2, -0.15) is 0 Å². The molecule has 0 aliphatic heterocycles. The van der Waals surface area contributed by atoms with Crippen LogP contribution < -0.4 is 5.73 Å². The van der Waals surface area contributed by atoms with Crippen molar-refractivity contribution in [3.05, 3.63) is 50.4 Å². The third kappa shape index (κ3) is 3.60. The van der Waals surface area contributed by atoms with Crippen LogP contribution in [0.5, 0.6) is 0 Å². The highest BCUT2D eigenvalue weighted by Crippen LogP contribution is 2.33. The molecule has 4 heteroatoms. The molecule has 0 radical (unpaired) electrons. The van der Waals surface area contributed by atoms with Gasteiger partial charge in [0.15, 0.2) is 0 Å². The molecule has 2 N–H and O–H groups in total. The first-order valence-corrected chi connectivity index (χ1v) is 8.00. The van der Waals surface area contributed by atoms with E-state index in [9.17, 15) is 0 Å². The molecule has 20 heavy (non-hydrogen) atoms. The predicted octanol–water partition coefficient (Wildman–Crippen LogP) is 4.70. The molecule has 1 aromatic heterocycles. The Labute approximate surface area is 130 Å². The summed E-state index contributed by atoms with van der Waals surface area (Å²) in [5.41, 5.74) is 8.24. The summed E-state index contributed by atoms with van der Waals surface area (Å²) in [4.78, 5) is 5.98. The van der Waals surface area contributed by atoms with Crippen LogP contribution in [0.1, 0.15) is 54.8 Å². The van der Waals surface area contributed by atoms with Crippen LogP contribution in [0.4, 0.5) is 0 Å². The zero-order valence-corrected chi connectivity index (χ0v) is 14.0. The minimum Gasteiger partial charge on any atom is -0.321 e. The van der Waals surface area contributed by atoms with Gasteiger partial charge in [-0.05, 0) is 37.5 Å². The van der Waals surface area contributed by atoms with Crippen LogP contribution in [-0.2, 0) is 12.0 Å². The fraction of sp³-hybridized carbons (Fsp3) is 0.438. The number of benzene rings is 1. The summed E-state index contributed by atoms with van der Waals surface area (Å²) in [6.45, 7) is 8.39. The number of thiazole rings is 1. The first-order chi connectivity index (χ1) is 9.27. The molecule has 2 aromatic rings. The Balaban J connectivity index is 2.34. The Morgan fingerprint density at radius 2 is 2.05 bits per heavy atom. The Morgan fingerprint density at radius 3 is 2.55 bits per heavy atom. The Hall–Kier alpha value is -0.900. The van der Waals surface area contributed by atoms with Crippen molar-refractivity contribution in [1.82, 2.24) is 4.98 Å². The number of hydrogen-bond donors (Lipinski definition) is 1. The summed E-state index contributed by atoms with van der Waals surface area (Å²) in [6.07, 6.45) is 0.807. The van der Waals surface area contributed by atoms with E-state index >= 15 is 0 Å². The van der Waals surface area contributed by atoms with Gasteiger partial charge in [-0.3, -0.25) is 0 Å². The molecule has 0 bridgehead atoms. The van der Waals surface area contributed by atoms with Gasteiger partial charge >= 0.3 is 0 Å². The average molecular weight is 309 g/mol. The molecule has 0 unspecified atom stereocenters. The van der Waals surface area contributed by atoms with E-state index in [1.165, 1.54) is 10.4 Å². The van der Waals surface area contributed by atoms with Crippen molar-refractivity contribution in [1.29, 1.82) is 0 Å². The molecular formula is C16H21ClN2S. The van der Waals surface area contributed by atoms with Gasteiger partial charge in [-0.1, -0.05) is 37.6 Å². The number of nitrogens with two attached hydrogens (primary N) is 1. The summed E-state index contributed by atoms with van der Waals surface area (Å²) in [7, 11) is 0. The molecule has 0 amide bonds. The predicted molar refractivity (Wildman–Crippen MR) is 87.7 cm³/mol. The lowest BCUT2D eigenvalue weighted by molar-refractivity contribution is 0.553. The summed E-state index contributed by atoms with van der Waals surface area (Å²) >= 11 is 7.75. The molecule has 0 aliphatic carbocycles. The number of hydrogen-bond acceptors (Lipinski definition) is 3. The fourth-order valence-corrected chi connectivity index (χ4v) is 3.61. The van der Waals surface area contributed by atoms with Gasteiger partial charge in [-0.15, -0.1) is 11.3 Å². The number of aromatic nitrogens is 1. The Kier molecular flexibility index (Phi) is 4.52. The Morgan fingerprint density at radius 1 is 1.35 bits per heavy atom. The number of halogens is 1. The standard InChI is InChI=1S/C16H21ClN2S/c1-10(2)14-15(16(3,4)18)20-13(19-14)9-11-6-5-7-12(17)8-11/h5-8,10H,9,18H2,1-4H3. The molecule has 0 spiro atoms. The normalized spacial score (nSPS) is 12.2. The molecular weight excluding hydrogens is 288 g/mol. The highest BCUT2D eigenvalue weighted by atomic mass is 35.5. The largest absolute Gasteiger partial charge is 0.321 e. The lowest BCUT2D eigenvalue weighted by atomic mass is 9.98.